The summed E-state index contributed by atoms with van der Waals surface area (Å²) < 4.78 is 42.3. The molecule has 0 aliphatic rings. The van der Waals surface area contributed by atoms with Gasteiger partial charge >= 0.3 is 5.97 Å². The summed E-state index contributed by atoms with van der Waals surface area (Å²) >= 11 is 0. The van der Waals surface area contributed by atoms with Gasteiger partial charge in [0, 0.05) is 0 Å². The van der Waals surface area contributed by atoms with E-state index < -0.39 is 35.3 Å². The van der Waals surface area contributed by atoms with Crippen LogP contribution in [-0.2, 0) is 4.74 Å². The topological polar surface area (TPSA) is 65.2 Å². The fraction of sp³-hybridized carbons (Fsp3) is 0.333. The summed E-state index contributed by atoms with van der Waals surface area (Å²) in [6, 6.07) is 0.485. The Morgan fingerprint density at radius 3 is 2.75 bits per heavy atom. The van der Waals surface area contributed by atoms with Crippen LogP contribution in [0.5, 0.6) is 0 Å². The molecule has 0 fully saturated rings. The molecule has 0 unspecified atom stereocenters. The third-order valence-corrected chi connectivity index (χ3v) is 1.74. The summed E-state index contributed by atoms with van der Waals surface area (Å²) in [5.74, 6) is -2.80. The number of hydrogen-bond acceptors (Lipinski definition) is 4. The summed E-state index contributed by atoms with van der Waals surface area (Å²) in [5.41, 5.74) is 3.72. The molecule has 2 N–H and O–H groups in total. The lowest BCUT2D eigenvalue weighted by Gasteiger charge is -2.07. The molecule has 0 atom stereocenters. The van der Waals surface area contributed by atoms with E-state index >= 15 is 0 Å². The number of pyridine rings is 1. The monoisotopic (exact) mass is 234 g/mol. The highest BCUT2D eigenvalue weighted by molar-refractivity contribution is 5.88. The van der Waals surface area contributed by atoms with Crippen LogP contribution in [0.25, 0.3) is 0 Å². The van der Waals surface area contributed by atoms with Gasteiger partial charge in [0.2, 0.25) is 0 Å². The highest BCUT2D eigenvalue weighted by Gasteiger charge is 2.21. The number of halogens is 3. The molecule has 4 nitrogen and oxygen atoms in total. The maximum absolute atomic E-state index is 13.2. The van der Waals surface area contributed by atoms with E-state index in [4.69, 9.17) is 5.73 Å². The average Bonchev–Trinajstić information content (AvgIpc) is 2.20. The maximum Gasteiger partial charge on any atom is 0.360 e. The van der Waals surface area contributed by atoms with Gasteiger partial charge in [-0.25, -0.2) is 22.9 Å². The number of alkyl halides is 2. The molecule has 88 valence electrons. The number of aromatic nitrogens is 1. The summed E-state index contributed by atoms with van der Waals surface area (Å²) in [7, 11) is 0. The van der Waals surface area contributed by atoms with Gasteiger partial charge in [-0.2, -0.15) is 0 Å². The molecule has 7 heteroatoms. The third-order valence-electron chi connectivity index (χ3n) is 1.74. The van der Waals surface area contributed by atoms with Crippen LogP contribution in [0, 0.1) is 5.82 Å². The molecule has 1 heterocycles. The SMILES string of the molecule is CCOC(=O)c1nc(N)c(C(F)F)cc1F. The molecule has 1 aromatic rings. The average molecular weight is 234 g/mol. The van der Waals surface area contributed by atoms with E-state index in [1.807, 2.05) is 0 Å². The molecule has 0 saturated heterocycles. The molecule has 0 spiro atoms. The van der Waals surface area contributed by atoms with E-state index in [1.54, 1.807) is 0 Å². The zero-order valence-corrected chi connectivity index (χ0v) is 8.34. The smallest absolute Gasteiger partial charge is 0.360 e. The van der Waals surface area contributed by atoms with Crippen molar-refractivity contribution in [1.82, 2.24) is 4.98 Å². The lowest BCUT2D eigenvalue weighted by atomic mass is 10.2. The van der Waals surface area contributed by atoms with Crippen molar-refractivity contribution in [2.24, 2.45) is 0 Å². The Bertz CT molecular complexity index is 410. The molecular weight excluding hydrogens is 225 g/mol. The highest BCUT2D eigenvalue weighted by Crippen LogP contribution is 2.25. The van der Waals surface area contributed by atoms with Gasteiger partial charge < -0.3 is 10.5 Å². The van der Waals surface area contributed by atoms with Crippen molar-refractivity contribution < 1.29 is 22.7 Å². The van der Waals surface area contributed by atoms with Gasteiger partial charge in [-0.15, -0.1) is 0 Å². The summed E-state index contributed by atoms with van der Waals surface area (Å²) in [4.78, 5) is 14.4. The van der Waals surface area contributed by atoms with E-state index in [-0.39, 0.29) is 6.61 Å². The number of ether oxygens (including phenoxy) is 1. The third kappa shape index (κ3) is 2.41. The van der Waals surface area contributed by atoms with Crippen molar-refractivity contribution in [2.75, 3.05) is 12.3 Å². The van der Waals surface area contributed by atoms with E-state index in [9.17, 15) is 18.0 Å². The Kier molecular flexibility index (Phi) is 3.70. The molecule has 0 aliphatic carbocycles. The molecule has 0 aromatic carbocycles. The first kappa shape index (κ1) is 12.3. The number of anilines is 1. The van der Waals surface area contributed by atoms with E-state index in [0.717, 1.165) is 0 Å². The number of esters is 1. The van der Waals surface area contributed by atoms with Crippen molar-refractivity contribution in [3.63, 3.8) is 0 Å². The van der Waals surface area contributed by atoms with Crippen LogP contribution in [0.1, 0.15) is 29.4 Å². The second-order valence-corrected chi connectivity index (χ2v) is 2.81. The van der Waals surface area contributed by atoms with E-state index in [2.05, 4.69) is 9.72 Å². The first-order valence-corrected chi connectivity index (χ1v) is 4.38. The summed E-state index contributed by atoms with van der Waals surface area (Å²) in [6.45, 7) is 1.54. The number of rotatable bonds is 3. The van der Waals surface area contributed by atoms with Gasteiger partial charge in [0.25, 0.3) is 6.43 Å². The normalized spacial score (nSPS) is 10.6. The van der Waals surface area contributed by atoms with E-state index in [0.29, 0.717) is 6.07 Å². The van der Waals surface area contributed by atoms with Crippen LogP contribution in [0.4, 0.5) is 19.0 Å². The Labute approximate surface area is 89.2 Å². The first-order chi connectivity index (χ1) is 7.47. The van der Waals surface area contributed by atoms with Crippen molar-refractivity contribution in [3.8, 4) is 0 Å². The van der Waals surface area contributed by atoms with Crippen LogP contribution in [0.2, 0.25) is 0 Å². The van der Waals surface area contributed by atoms with Gasteiger partial charge in [-0.05, 0) is 13.0 Å². The van der Waals surface area contributed by atoms with Crippen LogP contribution < -0.4 is 5.73 Å². The highest BCUT2D eigenvalue weighted by atomic mass is 19.3. The van der Waals surface area contributed by atoms with Gasteiger partial charge in [-0.1, -0.05) is 0 Å². The van der Waals surface area contributed by atoms with Crippen molar-refractivity contribution in [2.45, 2.75) is 13.3 Å². The quantitative estimate of drug-likeness (QED) is 0.811. The predicted octanol–water partition coefficient (Wildman–Crippen LogP) is 1.92. The molecule has 0 saturated carbocycles. The second kappa shape index (κ2) is 4.82. The molecule has 0 amide bonds. The second-order valence-electron chi connectivity index (χ2n) is 2.81. The standard InChI is InChI=1S/C9H9F3N2O2/c1-2-16-9(15)6-5(10)3-4(7(11)12)8(13)14-6/h3,7H,2H2,1H3,(H2,13,14). The maximum atomic E-state index is 13.2. The minimum atomic E-state index is -2.95. The van der Waals surface area contributed by atoms with Crippen LogP contribution >= 0.6 is 0 Å². The lowest BCUT2D eigenvalue weighted by Crippen LogP contribution is -2.13. The minimum Gasteiger partial charge on any atom is -0.461 e. The fourth-order valence-corrected chi connectivity index (χ4v) is 1.03. The number of nitrogens with zero attached hydrogens (tertiary/aromatic N) is 1. The zero-order chi connectivity index (χ0) is 12.3. The Morgan fingerprint density at radius 2 is 2.25 bits per heavy atom. The lowest BCUT2D eigenvalue weighted by molar-refractivity contribution is 0.0513. The number of nitrogens with two attached hydrogens (primary N) is 1. The van der Waals surface area contributed by atoms with Crippen molar-refractivity contribution >= 4 is 11.8 Å². The molecule has 16 heavy (non-hydrogen) atoms. The van der Waals surface area contributed by atoms with Crippen LogP contribution in [0.15, 0.2) is 6.07 Å². The fourth-order valence-electron chi connectivity index (χ4n) is 1.03. The number of hydrogen-bond donors (Lipinski definition) is 1. The zero-order valence-electron chi connectivity index (χ0n) is 8.34. The molecular formula is C9H9F3N2O2. The molecule has 1 aromatic heterocycles. The Morgan fingerprint density at radius 1 is 1.62 bits per heavy atom. The van der Waals surface area contributed by atoms with Gasteiger partial charge in [0.15, 0.2) is 11.5 Å². The van der Waals surface area contributed by atoms with Crippen molar-refractivity contribution in [1.29, 1.82) is 0 Å². The largest absolute Gasteiger partial charge is 0.461 e. The van der Waals surface area contributed by atoms with E-state index in [1.165, 1.54) is 6.92 Å². The van der Waals surface area contributed by atoms with Crippen molar-refractivity contribution in [3.05, 3.63) is 23.1 Å². The Hall–Kier alpha value is -1.79. The van der Waals surface area contributed by atoms with Gasteiger partial charge in [-0.3, -0.25) is 0 Å². The molecule has 1 rings (SSSR count). The summed E-state index contributed by atoms with van der Waals surface area (Å²) in [6.07, 6.45) is -2.95. The summed E-state index contributed by atoms with van der Waals surface area (Å²) in [5, 5.41) is 0. The van der Waals surface area contributed by atoms with Gasteiger partial charge in [0.1, 0.15) is 5.82 Å². The number of carbonyl (C=O) groups is 1. The number of nitrogen functional groups attached to an aromatic ring is 1. The first-order valence-electron chi connectivity index (χ1n) is 4.38. The van der Waals surface area contributed by atoms with Crippen LogP contribution in [0.3, 0.4) is 0 Å². The predicted molar refractivity (Wildman–Crippen MR) is 49.5 cm³/mol. The Balaban J connectivity index is 3.15. The minimum absolute atomic E-state index is 0.0243. The van der Waals surface area contributed by atoms with Gasteiger partial charge in [0.05, 0.1) is 12.2 Å². The van der Waals surface area contributed by atoms with Crippen LogP contribution in [-0.4, -0.2) is 17.6 Å². The molecule has 0 aliphatic heterocycles. The molecule has 0 radical (unpaired) electrons. The number of carbonyl (C=O) groups excluding carboxylic acids is 1. The molecule has 0 bridgehead atoms.